The van der Waals surface area contributed by atoms with Crippen LogP contribution in [0.1, 0.15) is 38.5 Å². The molecule has 0 aliphatic heterocycles. The lowest BCUT2D eigenvalue weighted by atomic mass is 10.1. The van der Waals surface area contributed by atoms with Gasteiger partial charge in [-0.1, -0.05) is 12.5 Å². The minimum atomic E-state index is 0.387. The van der Waals surface area contributed by atoms with Crippen LogP contribution in [0.15, 0.2) is 22.8 Å². The number of hydrogen-bond donors (Lipinski definition) is 1. The number of Topliss-reactive ketones (excluding diaryl/α,β-unsaturated/α-hetero) is 1. The number of benzene rings is 1. The van der Waals surface area contributed by atoms with Gasteiger partial charge in [-0.3, -0.25) is 4.79 Å². The van der Waals surface area contributed by atoms with E-state index in [1.807, 2.05) is 32.3 Å². The maximum Gasteiger partial charge on any atom is 0.158 e. The quantitative estimate of drug-likeness (QED) is 0.642. The van der Waals surface area contributed by atoms with Gasteiger partial charge in [0.05, 0.1) is 5.69 Å². The Morgan fingerprint density at radius 3 is 2.78 bits per heavy atom. The van der Waals surface area contributed by atoms with Gasteiger partial charge >= 0.3 is 0 Å². The molecule has 1 aromatic carbocycles. The highest BCUT2D eigenvalue weighted by atomic mass is 16.6. The molecule has 0 aliphatic rings. The molecule has 0 spiro atoms. The smallest absolute Gasteiger partial charge is 0.158 e. The number of rotatable bonds is 11. The molecule has 1 N–H and O–H groups in total. The molecule has 0 radical (unpaired) electrons. The van der Waals surface area contributed by atoms with Crippen LogP contribution >= 0.6 is 0 Å². The van der Waals surface area contributed by atoms with Crippen molar-refractivity contribution in [3.63, 3.8) is 0 Å². The van der Waals surface area contributed by atoms with Crippen molar-refractivity contribution in [1.82, 2.24) is 15.2 Å². The van der Waals surface area contributed by atoms with E-state index < -0.39 is 0 Å². The van der Waals surface area contributed by atoms with Gasteiger partial charge in [0, 0.05) is 19.4 Å². The summed E-state index contributed by atoms with van der Waals surface area (Å²) < 4.78 is 4.74. The van der Waals surface area contributed by atoms with Crippen LogP contribution in [-0.2, 0) is 4.79 Å². The number of fused-ring (bicyclic) bond motifs is 1. The van der Waals surface area contributed by atoms with Crippen molar-refractivity contribution in [2.45, 2.75) is 38.5 Å². The fourth-order valence-corrected chi connectivity index (χ4v) is 2.51. The molecule has 23 heavy (non-hydrogen) atoms. The number of anilines is 1. The zero-order chi connectivity index (χ0) is 16.5. The fraction of sp³-hybridized carbons (Fsp3) is 0.588. The number of aromatic nitrogens is 2. The lowest BCUT2D eigenvalue weighted by molar-refractivity contribution is -0.119. The predicted molar refractivity (Wildman–Crippen MR) is 91.6 cm³/mol. The molecular formula is C17H26N4O2. The normalized spacial score (nSPS) is 11.3. The average Bonchev–Trinajstić information content (AvgIpc) is 2.99. The Labute approximate surface area is 137 Å². The zero-order valence-electron chi connectivity index (χ0n) is 14.0. The van der Waals surface area contributed by atoms with Crippen molar-refractivity contribution in [1.29, 1.82) is 0 Å². The van der Waals surface area contributed by atoms with Gasteiger partial charge in [0.1, 0.15) is 11.3 Å². The Morgan fingerprint density at radius 2 is 1.96 bits per heavy atom. The van der Waals surface area contributed by atoms with Crippen LogP contribution in [-0.4, -0.2) is 48.2 Å². The van der Waals surface area contributed by atoms with E-state index in [1.165, 1.54) is 0 Å². The van der Waals surface area contributed by atoms with Crippen LogP contribution in [0.25, 0.3) is 11.0 Å². The summed E-state index contributed by atoms with van der Waals surface area (Å²) in [7, 11) is 4.07. The van der Waals surface area contributed by atoms with E-state index >= 15 is 0 Å². The van der Waals surface area contributed by atoms with E-state index in [2.05, 4.69) is 20.5 Å². The van der Waals surface area contributed by atoms with Crippen LogP contribution in [0.4, 0.5) is 5.69 Å². The Kier molecular flexibility index (Phi) is 7.00. The molecule has 0 saturated carbocycles. The standard InChI is InChI=1S/C17H26N4O2/c1-21(2)13-7-9-14(22)8-4-3-5-12-18-15-10-6-11-16-17(15)20-23-19-16/h6,10-11,18H,3-5,7-9,12-13H2,1-2H3. The first kappa shape index (κ1) is 17.4. The molecule has 0 amide bonds. The van der Waals surface area contributed by atoms with Gasteiger partial charge in [0.25, 0.3) is 0 Å². The molecule has 1 aromatic heterocycles. The molecule has 2 rings (SSSR count). The van der Waals surface area contributed by atoms with Gasteiger partial charge < -0.3 is 10.2 Å². The van der Waals surface area contributed by atoms with Crippen molar-refractivity contribution in [2.24, 2.45) is 0 Å². The summed E-state index contributed by atoms with van der Waals surface area (Å²) in [6.45, 7) is 1.85. The SMILES string of the molecule is CN(C)CCCC(=O)CCCCCNc1cccc2nonc12. The Balaban J connectivity index is 1.56. The molecule has 6 nitrogen and oxygen atoms in total. The van der Waals surface area contributed by atoms with Gasteiger partial charge in [-0.25, -0.2) is 4.63 Å². The first-order valence-corrected chi connectivity index (χ1v) is 8.28. The van der Waals surface area contributed by atoms with Crippen molar-refractivity contribution < 1.29 is 9.42 Å². The van der Waals surface area contributed by atoms with Crippen LogP contribution in [0.5, 0.6) is 0 Å². The molecule has 0 fully saturated rings. The summed E-state index contributed by atoms with van der Waals surface area (Å²) in [4.78, 5) is 13.9. The van der Waals surface area contributed by atoms with E-state index in [9.17, 15) is 4.79 Å². The zero-order valence-corrected chi connectivity index (χ0v) is 14.0. The summed E-state index contributed by atoms with van der Waals surface area (Å²) in [5.41, 5.74) is 2.48. The average molecular weight is 318 g/mol. The van der Waals surface area contributed by atoms with E-state index in [0.29, 0.717) is 18.6 Å². The summed E-state index contributed by atoms with van der Waals surface area (Å²) >= 11 is 0. The van der Waals surface area contributed by atoms with Crippen molar-refractivity contribution in [2.75, 3.05) is 32.5 Å². The van der Waals surface area contributed by atoms with Gasteiger partial charge in [-0.05, 0) is 62.3 Å². The minimum absolute atomic E-state index is 0.387. The number of hydrogen-bond acceptors (Lipinski definition) is 6. The second kappa shape index (κ2) is 9.25. The molecule has 0 aliphatic carbocycles. The minimum Gasteiger partial charge on any atom is -0.383 e. The number of carbonyl (C=O) groups excluding carboxylic acids is 1. The molecule has 6 heteroatoms. The predicted octanol–water partition coefficient (Wildman–Crippen LogP) is 3.11. The molecule has 0 bridgehead atoms. The third kappa shape index (κ3) is 5.98. The van der Waals surface area contributed by atoms with Gasteiger partial charge in [0.15, 0.2) is 5.52 Å². The molecule has 1 heterocycles. The summed E-state index contributed by atoms with van der Waals surface area (Å²) in [6.07, 6.45) is 5.43. The maximum atomic E-state index is 11.7. The maximum absolute atomic E-state index is 11.7. The Morgan fingerprint density at radius 1 is 1.13 bits per heavy atom. The van der Waals surface area contributed by atoms with Gasteiger partial charge in [-0.15, -0.1) is 0 Å². The highest BCUT2D eigenvalue weighted by Gasteiger charge is 2.05. The monoisotopic (exact) mass is 318 g/mol. The van der Waals surface area contributed by atoms with Crippen molar-refractivity contribution >= 4 is 22.5 Å². The number of unbranched alkanes of at least 4 members (excludes halogenated alkanes) is 2. The highest BCUT2D eigenvalue weighted by molar-refractivity contribution is 5.86. The molecule has 2 aromatic rings. The third-order valence-corrected chi connectivity index (χ3v) is 3.79. The van der Waals surface area contributed by atoms with Crippen molar-refractivity contribution in [3.05, 3.63) is 18.2 Å². The largest absolute Gasteiger partial charge is 0.383 e. The topological polar surface area (TPSA) is 71.3 Å². The van der Waals surface area contributed by atoms with Gasteiger partial charge in [-0.2, -0.15) is 0 Å². The van der Waals surface area contributed by atoms with E-state index in [-0.39, 0.29) is 0 Å². The number of carbonyl (C=O) groups is 1. The first-order chi connectivity index (χ1) is 11.2. The van der Waals surface area contributed by atoms with E-state index in [1.54, 1.807) is 0 Å². The van der Waals surface area contributed by atoms with Crippen molar-refractivity contribution in [3.8, 4) is 0 Å². The third-order valence-electron chi connectivity index (χ3n) is 3.79. The molecule has 0 atom stereocenters. The van der Waals surface area contributed by atoms with E-state index in [4.69, 9.17) is 4.63 Å². The highest BCUT2D eigenvalue weighted by Crippen LogP contribution is 2.19. The summed E-state index contributed by atoms with van der Waals surface area (Å²) in [6, 6.07) is 5.78. The van der Waals surface area contributed by atoms with Crippen LogP contribution in [0.2, 0.25) is 0 Å². The second-order valence-corrected chi connectivity index (χ2v) is 6.12. The number of nitrogens with one attached hydrogen (secondary N) is 1. The second-order valence-electron chi connectivity index (χ2n) is 6.12. The van der Waals surface area contributed by atoms with Crippen LogP contribution in [0.3, 0.4) is 0 Å². The summed E-state index contributed by atoms with van der Waals surface area (Å²) in [5.74, 6) is 0.387. The fourth-order valence-electron chi connectivity index (χ4n) is 2.51. The molecule has 0 saturated heterocycles. The Bertz CT molecular complexity index is 609. The van der Waals surface area contributed by atoms with Crippen LogP contribution < -0.4 is 5.32 Å². The Hall–Kier alpha value is -1.95. The molecule has 0 unspecified atom stereocenters. The molecular weight excluding hydrogens is 292 g/mol. The molecule has 126 valence electrons. The first-order valence-electron chi connectivity index (χ1n) is 8.28. The summed E-state index contributed by atoms with van der Waals surface area (Å²) in [5, 5.41) is 11.1. The lowest BCUT2D eigenvalue weighted by Crippen LogP contribution is -2.14. The number of ketones is 1. The lowest BCUT2D eigenvalue weighted by Gasteiger charge is -2.08. The van der Waals surface area contributed by atoms with E-state index in [0.717, 1.165) is 55.5 Å². The number of nitrogens with zero attached hydrogens (tertiary/aromatic N) is 3. The van der Waals surface area contributed by atoms with Gasteiger partial charge in [0.2, 0.25) is 0 Å². The van der Waals surface area contributed by atoms with Crippen LogP contribution in [0, 0.1) is 0 Å².